The lowest BCUT2D eigenvalue weighted by Gasteiger charge is -2.16. The second kappa shape index (κ2) is 9.88. The van der Waals surface area contributed by atoms with Gasteiger partial charge >= 0.3 is 12.0 Å². The highest BCUT2D eigenvalue weighted by molar-refractivity contribution is 7.98. The Morgan fingerprint density at radius 1 is 1.25 bits per heavy atom. The maximum Gasteiger partial charge on any atom is 0.315 e. The minimum atomic E-state index is -0.929. The van der Waals surface area contributed by atoms with Crippen molar-refractivity contribution in [3.63, 3.8) is 0 Å². The van der Waals surface area contributed by atoms with Gasteiger partial charge in [0.15, 0.2) is 0 Å². The van der Waals surface area contributed by atoms with Crippen LogP contribution in [0.15, 0.2) is 0 Å². The van der Waals surface area contributed by atoms with Gasteiger partial charge in [0.05, 0.1) is 19.3 Å². The highest BCUT2D eigenvalue weighted by atomic mass is 32.2. The van der Waals surface area contributed by atoms with Crippen molar-refractivity contribution >= 4 is 23.8 Å². The van der Waals surface area contributed by atoms with Crippen molar-refractivity contribution in [3.8, 4) is 0 Å². The topological polar surface area (TPSA) is 87.7 Å². The predicted octanol–water partition coefficient (Wildman–Crippen LogP) is 1.31. The lowest BCUT2D eigenvalue weighted by Crippen LogP contribution is -2.47. The molecular formula is C13H24N2O4S. The summed E-state index contributed by atoms with van der Waals surface area (Å²) in [5, 5.41) is 14.4. The molecule has 1 aliphatic heterocycles. The van der Waals surface area contributed by atoms with E-state index >= 15 is 0 Å². The van der Waals surface area contributed by atoms with Gasteiger partial charge in [-0.05, 0) is 24.9 Å². The number of carbonyl (C=O) groups is 2. The van der Waals surface area contributed by atoms with Crippen LogP contribution >= 0.6 is 11.8 Å². The number of amides is 2. The minimum absolute atomic E-state index is 0.162. The molecule has 0 aliphatic carbocycles. The zero-order chi connectivity index (χ0) is 14.8. The van der Waals surface area contributed by atoms with Crippen molar-refractivity contribution in [2.24, 2.45) is 5.92 Å². The normalized spacial score (nSPS) is 21.6. The van der Waals surface area contributed by atoms with E-state index in [0.29, 0.717) is 6.54 Å². The first-order chi connectivity index (χ1) is 9.65. The van der Waals surface area contributed by atoms with E-state index in [2.05, 4.69) is 16.9 Å². The second-order valence-corrected chi connectivity index (χ2v) is 5.88. The van der Waals surface area contributed by atoms with Gasteiger partial charge in [0, 0.05) is 6.54 Å². The maximum absolute atomic E-state index is 11.6. The average Bonchev–Trinajstić information content (AvgIpc) is 2.86. The van der Waals surface area contributed by atoms with E-state index in [1.807, 2.05) is 11.8 Å². The number of urea groups is 1. The van der Waals surface area contributed by atoms with Crippen molar-refractivity contribution < 1.29 is 19.4 Å². The van der Waals surface area contributed by atoms with Crippen LogP contribution in [0.3, 0.4) is 0 Å². The summed E-state index contributed by atoms with van der Waals surface area (Å²) >= 11 is 1.85. The molecule has 0 aromatic heterocycles. The molecule has 0 spiro atoms. The van der Waals surface area contributed by atoms with Gasteiger partial charge < -0.3 is 20.5 Å². The summed E-state index contributed by atoms with van der Waals surface area (Å²) in [6, 6.07) is -0.745. The number of rotatable bonds is 9. The first-order valence-electron chi connectivity index (χ1n) is 6.99. The largest absolute Gasteiger partial charge is 0.481 e. The van der Waals surface area contributed by atoms with Crippen LogP contribution in [0.1, 0.15) is 25.7 Å². The van der Waals surface area contributed by atoms with Gasteiger partial charge in [0.25, 0.3) is 0 Å². The molecule has 6 nitrogen and oxygen atoms in total. The third-order valence-corrected chi connectivity index (χ3v) is 3.97. The fraction of sp³-hybridized carbons (Fsp3) is 0.846. The summed E-state index contributed by atoms with van der Waals surface area (Å²) in [5.41, 5.74) is 0. The molecule has 1 fully saturated rings. The van der Waals surface area contributed by atoms with Gasteiger partial charge in [0.1, 0.15) is 5.92 Å². The van der Waals surface area contributed by atoms with Crippen LogP contribution < -0.4 is 10.6 Å². The van der Waals surface area contributed by atoms with Crippen molar-refractivity contribution in [3.05, 3.63) is 0 Å². The number of ether oxygens (including phenoxy) is 1. The minimum Gasteiger partial charge on any atom is -0.481 e. The number of nitrogens with one attached hydrogen (secondary N) is 2. The van der Waals surface area contributed by atoms with Crippen molar-refractivity contribution in [1.82, 2.24) is 10.6 Å². The summed E-state index contributed by atoms with van der Waals surface area (Å²) in [6.07, 6.45) is 6.55. The molecule has 2 amide bonds. The van der Waals surface area contributed by atoms with Crippen LogP contribution in [0.2, 0.25) is 0 Å². The summed E-state index contributed by atoms with van der Waals surface area (Å²) in [6.45, 7) is 1.05. The lowest BCUT2D eigenvalue weighted by molar-refractivity contribution is -0.142. The zero-order valence-electron chi connectivity index (χ0n) is 11.9. The van der Waals surface area contributed by atoms with Gasteiger partial charge in [-0.1, -0.05) is 12.8 Å². The van der Waals surface area contributed by atoms with E-state index < -0.39 is 17.9 Å². The van der Waals surface area contributed by atoms with E-state index in [4.69, 9.17) is 9.84 Å². The molecule has 0 radical (unpaired) electrons. The Kier molecular flexibility index (Phi) is 8.45. The summed E-state index contributed by atoms with van der Waals surface area (Å²) in [4.78, 5) is 22.6. The Labute approximate surface area is 124 Å². The molecule has 2 atom stereocenters. The average molecular weight is 304 g/mol. The third-order valence-electron chi connectivity index (χ3n) is 3.28. The van der Waals surface area contributed by atoms with E-state index in [-0.39, 0.29) is 19.2 Å². The van der Waals surface area contributed by atoms with Crippen LogP contribution in [-0.2, 0) is 9.53 Å². The highest BCUT2D eigenvalue weighted by Crippen LogP contribution is 2.13. The van der Waals surface area contributed by atoms with Gasteiger partial charge in [-0.15, -0.1) is 0 Å². The molecule has 20 heavy (non-hydrogen) atoms. The van der Waals surface area contributed by atoms with Crippen molar-refractivity contribution in [2.75, 3.05) is 31.8 Å². The number of hydrogen-bond acceptors (Lipinski definition) is 4. The molecule has 0 saturated carbocycles. The number of aliphatic carboxylic acids is 1. The molecule has 1 rings (SSSR count). The Bertz CT molecular complexity index is 315. The quantitative estimate of drug-likeness (QED) is 0.559. The van der Waals surface area contributed by atoms with Crippen LogP contribution in [0, 0.1) is 5.92 Å². The number of carboxylic acids is 1. The maximum atomic E-state index is 11.6. The van der Waals surface area contributed by atoms with Crippen LogP contribution in [-0.4, -0.2) is 54.9 Å². The molecule has 3 N–H and O–H groups in total. The van der Waals surface area contributed by atoms with Gasteiger partial charge in [0.2, 0.25) is 0 Å². The molecule has 0 aromatic carbocycles. The predicted molar refractivity (Wildman–Crippen MR) is 79.1 cm³/mol. The Balaban J connectivity index is 2.07. The van der Waals surface area contributed by atoms with E-state index in [1.165, 1.54) is 18.6 Å². The van der Waals surface area contributed by atoms with Gasteiger partial charge in [-0.25, -0.2) is 4.79 Å². The molecule has 2 unspecified atom stereocenters. The molecule has 0 aromatic rings. The molecular weight excluding hydrogens is 280 g/mol. The first kappa shape index (κ1) is 17.1. The van der Waals surface area contributed by atoms with E-state index in [9.17, 15) is 9.59 Å². The molecule has 1 aliphatic rings. The number of carboxylic acid groups (broad SMARTS) is 1. The van der Waals surface area contributed by atoms with Crippen molar-refractivity contribution in [1.29, 1.82) is 0 Å². The van der Waals surface area contributed by atoms with Gasteiger partial charge in [-0.3, -0.25) is 4.79 Å². The molecule has 1 saturated heterocycles. The number of thioether (sulfide) groups is 1. The summed E-state index contributed by atoms with van der Waals surface area (Å²) in [7, 11) is 0. The highest BCUT2D eigenvalue weighted by Gasteiger charge is 2.34. The number of hydrogen-bond donors (Lipinski definition) is 3. The number of carbonyl (C=O) groups excluding carboxylic acids is 1. The van der Waals surface area contributed by atoms with E-state index in [0.717, 1.165) is 12.8 Å². The Morgan fingerprint density at radius 3 is 2.70 bits per heavy atom. The second-order valence-electron chi connectivity index (χ2n) is 4.90. The van der Waals surface area contributed by atoms with Crippen LogP contribution in [0.5, 0.6) is 0 Å². The van der Waals surface area contributed by atoms with E-state index in [1.54, 1.807) is 0 Å². The lowest BCUT2D eigenvalue weighted by atomic mass is 10.0. The monoisotopic (exact) mass is 304 g/mol. The molecule has 116 valence electrons. The molecule has 1 heterocycles. The fourth-order valence-corrected chi connectivity index (χ4v) is 2.58. The molecule has 7 heteroatoms. The standard InChI is InChI=1S/C13H24N2O4S/c1-20-7-5-3-2-4-6-14-13(18)15-11-9-19-8-10(11)12(16)17/h10-11H,2-9H2,1H3,(H,16,17)(H2,14,15,18). The summed E-state index contributed by atoms with van der Waals surface area (Å²) < 4.78 is 5.09. The first-order valence-corrected chi connectivity index (χ1v) is 8.38. The smallest absolute Gasteiger partial charge is 0.315 e. The Morgan fingerprint density at radius 2 is 2.00 bits per heavy atom. The zero-order valence-corrected chi connectivity index (χ0v) is 12.7. The fourth-order valence-electron chi connectivity index (χ4n) is 2.09. The summed E-state index contributed by atoms with van der Waals surface area (Å²) in [5.74, 6) is -0.388. The number of unbranched alkanes of at least 4 members (excludes halogenated alkanes) is 3. The Hall–Kier alpha value is -0.950. The third kappa shape index (κ3) is 6.47. The SMILES string of the molecule is CSCCCCCCNC(=O)NC1COCC1C(=O)O. The van der Waals surface area contributed by atoms with Crippen molar-refractivity contribution in [2.45, 2.75) is 31.7 Å². The van der Waals surface area contributed by atoms with Crippen LogP contribution in [0.4, 0.5) is 4.79 Å². The van der Waals surface area contributed by atoms with Crippen LogP contribution in [0.25, 0.3) is 0 Å². The molecule has 0 bridgehead atoms. The van der Waals surface area contributed by atoms with Gasteiger partial charge in [-0.2, -0.15) is 11.8 Å².